The van der Waals surface area contributed by atoms with Crippen LogP contribution in [0.4, 0.5) is 17.2 Å². The molecular weight excluding hydrogens is 402 g/mol. The van der Waals surface area contributed by atoms with Crippen molar-refractivity contribution >= 4 is 44.8 Å². The van der Waals surface area contributed by atoms with Gasteiger partial charge in [-0.25, -0.2) is 4.98 Å². The van der Waals surface area contributed by atoms with Crippen LogP contribution in [0.15, 0.2) is 58.7 Å². The molecule has 9 heteroatoms. The molecule has 0 atom stereocenters. The minimum atomic E-state index is -0.535. The highest BCUT2D eigenvalue weighted by atomic mass is 32.1. The summed E-state index contributed by atoms with van der Waals surface area (Å²) in [5.41, 5.74) is 7.65. The second kappa shape index (κ2) is 6.72. The SMILES string of the molecule is N#Cc1csc2nc(N)c(=O)n(-c3ccc4c(c3)N(c3ccccc3)C(=O)CO4)c12. The summed E-state index contributed by atoms with van der Waals surface area (Å²) < 4.78 is 6.94. The Hall–Kier alpha value is -4.16. The van der Waals surface area contributed by atoms with Gasteiger partial charge in [0, 0.05) is 11.1 Å². The van der Waals surface area contributed by atoms with Crippen LogP contribution >= 0.6 is 11.3 Å². The second-order valence-electron chi connectivity index (χ2n) is 6.56. The zero-order valence-corrected chi connectivity index (χ0v) is 16.2. The molecule has 146 valence electrons. The maximum absolute atomic E-state index is 12.9. The smallest absolute Gasteiger partial charge is 0.298 e. The van der Waals surface area contributed by atoms with Crippen molar-refractivity contribution < 1.29 is 9.53 Å². The van der Waals surface area contributed by atoms with Gasteiger partial charge in [-0.3, -0.25) is 19.1 Å². The zero-order chi connectivity index (χ0) is 20.8. The summed E-state index contributed by atoms with van der Waals surface area (Å²) >= 11 is 1.23. The van der Waals surface area contributed by atoms with E-state index < -0.39 is 5.56 Å². The third-order valence-corrected chi connectivity index (χ3v) is 5.65. The van der Waals surface area contributed by atoms with Crippen LogP contribution in [0.3, 0.4) is 0 Å². The van der Waals surface area contributed by atoms with Gasteiger partial charge in [-0.2, -0.15) is 5.26 Å². The van der Waals surface area contributed by atoms with E-state index in [0.29, 0.717) is 38.7 Å². The van der Waals surface area contributed by atoms with Crippen LogP contribution in [-0.2, 0) is 4.79 Å². The van der Waals surface area contributed by atoms with E-state index in [4.69, 9.17) is 10.5 Å². The first kappa shape index (κ1) is 17.9. The number of carbonyl (C=O) groups is 1. The zero-order valence-electron chi connectivity index (χ0n) is 15.4. The van der Waals surface area contributed by atoms with Crippen LogP contribution in [-0.4, -0.2) is 22.1 Å². The molecule has 2 aromatic carbocycles. The molecule has 0 radical (unpaired) electrons. The number of para-hydroxylation sites is 1. The van der Waals surface area contributed by atoms with Crippen molar-refractivity contribution in [3.63, 3.8) is 0 Å². The van der Waals surface area contributed by atoms with Crippen LogP contribution in [0.5, 0.6) is 5.75 Å². The van der Waals surface area contributed by atoms with Crippen LogP contribution in [0.2, 0.25) is 0 Å². The van der Waals surface area contributed by atoms with Crippen molar-refractivity contribution in [2.75, 3.05) is 17.2 Å². The number of fused-ring (bicyclic) bond motifs is 2. The van der Waals surface area contributed by atoms with Gasteiger partial charge in [-0.1, -0.05) is 18.2 Å². The molecule has 1 aliphatic rings. The number of nitrogens with two attached hydrogens (primary N) is 1. The summed E-state index contributed by atoms with van der Waals surface area (Å²) in [4.78, 5) is 31.7. The number of rotatable bonds is 2. The van der Waals surface area contributed by atoms with Crippen molar-refractivity contribution in [3.05, 3.63) is 69.8 Å². The molecule has 0 fully saturated rings. The molecule has 2 N–H and O–H groups in total. The summed E-state index contributed by atoms with van der Waals surface area (Å²) in [6.07, 6.45) is 0. The van der Waals surface area contributed by atoms with E-state index in [0.717, 1.165) is 0 Å². The van der Waals surface area contributed by atoms with Crippen LogP contribution in [0.1, 0.15) is 5.56 Å². The number of hydrogen-bond acceptors (Lipinski definition) is 7. The number of amides is 1. The van der Waals surface area contributed by atoms with Crippen LogP contribution in [0, 0.1) is 11.3 Å². The number of carbonyl (C=O) groups excluding carboxylic acids is 1. The minimum absolute atomic E-state index is 0.0866. The molecule has 3 heterocycles. The minimum Gasteiger partial charge on any atom is -0.482 e. The Kier molecular flexibility index (Phi) is 4.01. The highest BCUT2D eigenvalue weighted by Crippen LogP contribution is 2.39. The predicted molar refractivity (Wildman–Crippen MR) is 113 cm³/mol. The number of anilines is 3. The monoisotopic (exact) mass is 415 g/mol. The summed E-state index contributed by atoms with van der Waals surface area (Å²) in [7, 11) is 0. The van der Waals surface area contributed by atoms with Gasteiger partial charge in [-0.05, 0) is 30.3 Å². The lowest BCUT2D eigenvalue weighted by Crippen LogP contribution is -2.35. The summed E-state index contributed by atoms with van der Waals surface area (Å²) in [6.45, 7) is -0.0866. The van der Waals surface area contributed by atoms with Crippen molar-refractivity contribution in [1.82, 2.24) is 9.55 Å². The summed E-state index contributed by atoms with van der Waals surface area (Å²) in [6, 6.07) is 16.3. The molecule has 8 nitrogen and oxygen atoms in total. The molecule has 1 amide bonds. The molecule has 0 aliphatic carbocycles. The molecule has 0 bridgehead atoms. The van der Waals surface area contributed by atoms with Crippen molar-refractivity contribution in [1.29, 1.82) is 5.26 Å². The van der Waals surface area contributed by atoms with Crippen molar-refractivity contribution in [2.24, 2.45) is 0 Å². The molecule has 0 saturated heterocycles. The van der Waals surface area contributed by atoms with E-state index in [1.54, 1.807) is 28.5 Å². The molecule has 0 spiro atoms. The fourth-order valence-electron chi connectivity index (χ4n) is 3.48. The first-order valence-corrected chi connectivity index (χ1v) is 9.81. The highest BCUT2D eigenvalue weighted by molar-refractivity contribution is 7.16. The topological polar surface area (TPSA) is 114 Å². The number of aromatic nitrogens is 2. The van der Waals surface area contributed by atoms with E-state index in [1.165, 1.54) is 15.9 Å². The number of nitrogens with zero attached hydrogens (tertiary/aromatic N) is 4. The van der Waals surface area contributed by atoms with Gasteiger partial charge in [-0.15, -0.1) is 11.3 Å². The fraction of sp³-hybridized carbons (Fsp3) is 0.0476. The van der Waals surface area contributed by atoms with E-state index in [-0.39, 0.29) is 18.3 Å². The van der Waals surface area contributed by atoms with Crippen molar-refractivity contribution in [3.8, 4) is 17.5 Å². The van der Waals surface area contributed by atoms with Gasteiger partial charge >= 0.3 is 0 Å². The van der Waals surface area contributed by atoms with E-state index >= 15 is 0 Å². The quantitative estimate of drug-likeness (QED) is 0.538. The van der Waals surface area contributed by atoms with Gasteiger partial charge in [0.1, 0.15) is 22.2 Å². The predicted octanol–water partition coefficient (Wildman–Crippen LogP) is 2.96. The maximum Gasteiger partial charge on any atom is 0.298 e. The molecule has 0 unspecified atom stereocenters. The lowest BCUT2D eigenvalue weighted by atomic mass is 10.1. The van der Waals surface area contributed by atoms with Gasteiger partial charge in [0.15, 0.2) is 12.4 Å². The number of ether oxygens (including phenoxy) is 1. The van der Waals surface area contributed by atoms with Crippen LogP contribution < -0.4 is 20.9 Å². The number of thiophene rings is 1. The molecule has 1 aliphatic heterocycles. The van der Waals surface area contributed by atoms with Gasteiger partial charge in [0.2, 0.25) is 0 Å². The lowest BCUT2D eigenvalue weighted by molar-refractivity contribution is -0.120. The molecule has 30 heavy (non-hydrogen) atoms. The Balaban J connectivity index is 1.79. The molecule has 0 saturated carbocycles. The number of nitrogen functional groups attached to an aromatic ring is 1. The second-order valence-corrected chi connectivity index (χ2v) is 7.42. The van der Waals surface area contributed by atoms with E-state index in [9.17, 15) is 14.9 Å². The summed E-state index contributed by atoms with van der Waals surface area (Å²) in [5.74, 6) is 0.115. The number of nitriles is 1. The molecule has 2 aromatic heterocycles. The standard InChI is InChI=1S/C21H13N5O3S/c22-9-12-11-30-20-18(12)26(21(28)19(23)24-20)14-6-7-16-15(8-14)25(17(27)10-29-16)13-4-2-1-3-5-13/h1-8,11H,10H2,(H2,23,24). The number of hydrogen-bond donors (Lipinski definition) is 1. The fourth-order valence-corrected chi connectivity index (χ4v) is 4.33. The average molecular weight is 415 g/mol. The van der Waals surface area contributed by atoms with Crippen molar-refractivity contribution in [2.45, 2.75) is 0 Å². The Bertz CT molecular complexity index is 1420. The maximum atomic E-state index is 12.9. The highest BCUT2D eigenvalue weighted by Gasteiger charge is 2.28. The molecule has 4 aromatic rings. The Morgan fingerprint density at radius 3 is 2.70 bits per heavy atom. The normalized spacial score (nSPS) is 13.0. The van der Waals surface area contributed by atoms with Gasteiger partial charge < -0.3 is 10.5 Å². The average Bonchev–Trinajstić information content (AvgIpc) is 3.17. The Morgan fingerprint density at radius 1 is 1.13 bits per heavy atom. The third kappa shape index (κ3) is 2.62. The summed E-state index contributed by atoms with van der Waals surface area (Å²) in [5, 5.41) is 11.1. The van der Waals surface area contributed by atoms with Gasteiger partial charge in [0.05, 0.1) is 16.9 Å². The molecule has 5 rings (SSSR count). The molecular formula is C21H13N5O3S. The van der Waals surface area contributed by atoms with E-state index in [1.807, 2.05) is 30.3 Å². The Labute approximate surface area is 174 Å². The van der Waals surface area contributed by atoms with Gasteiger partial charge in [0.25, 0.3) is 11.5 Å². The Morgan fingerprint density at radius 2 is 1.93 bits per heavy atom. The van der Waals surface area contributed by atoms with E-state index in [2.05, 4.69) is 11.1 Å². The third-order valence-electron chi connectivity index (χ3n) is 4.79. The number of benzene rings is 2. The first-order valence-electron chi connectivity index (χ1n) is 8.93. The first-order chi connectivity index (χ1) is 14.6. The lowest BCUT2D eigenvalue weighted by Gasteiger charge is -2.30. The largest absolute Gasteiger partial charge is 0.482 e. The van der Waals surface area contributed by atoms with Crippen LogP contribution in [0.25, 0.3) is 16.0 Å².